The van der Waals surface area contributed by atoms with E-state index in [1.807, 2.05) is 36.4 Å². The summed E-state index contributed by atoms with van der Waals surface area (Å²) in [7, 11) is 0. The van der Waals surface area contributed by atoms with Gasteiger partial charge in [0, 0.05) is 0 Å². The zero-order valence-corrected chi connectivity index (χ0v) is 19.2. The first-order chi connectivity index (χ1) is 15.3. The lowest BCUT2D eigenvalue weighted by atomic mass is 10.1. The number of esters is 1. The molecule has 0 bridgehead atoms. The normalized spacial score (nSPS) is 10.6. The molecule has 2 rings (SSSR count). The zero-order chi connectivity index (χ0) is 22.2. The summed E-state index contributed by atoms with van der Waals surface area (Å²) in [5.41, 5.74) is 0.434. The molecule has 0 aliphatic carbocycles. The Balaban J connectivity index is 1.89. The van der Waals surface area contributed by atoms with Crippen molar-refractivity contribution in [3.63, 3.8) is 0 Å². The van der Waals surface area contributed by atoms with E-state index in [2.05, 4.69) is 13.8 Å². The topological polar surface area (TPSA) is 44.8 Å². The van der Waals surface area contributed by atoms with Gasteiger partial charge in [-0.1, -0.05) is 89.5 Å². The van der Waals surface area contributed by atoms with Gasteiger partial charge < -0.3 is 14.2 Å². The van der Waals surface area contributed by atoms with Crippen LogP contribution in [-0.2, 0) is 0 Å². The maximum Gasteiger partial charge on any atom is 0.347 e. The maximum absolute atomic E-state index is 12.8. The molecule has 0 fully saturated rings. The van der Waals surface area contributed by atoms with E-state index in [-0.39, 0.29) is 0 Å². The summed E-state index contributed by atoms with van der Waals surface area (Å²) in [6.07, 6.45) is 11.7. The first kappa shape index (κ1) is 24.8. The Labute approximate surface area is 187 Å². The minimum Gasteiger partial charge on any atom is -0.493 e. The predicted molar refractivity (Wildman–Crippen MR) is 126 cm³/mol. The minimum absolute atomic E-state index is 0.431. The van der Waals surface area contributed by atoms with Crippen molar-refractivity contribution in [1.82, 2.24) is 0 Å². The molecule has 0 aliphatic heterocycles. The molecule has 2 aromatic rings. The van der Waals surface area contributed by atoms with Gasteiger partial charge in [0.15, 0.2) is 11.5 Å². The van der Waals surface area contributed by atoms with Crippen LogP contribution in [0.2, 0.25) is 0 Å². The van der Waals surface area contributed by atoms with E-state index in [0.29, 0.717) is 36.0 Å². The standard InChI is InChI=1S/C27H38O4/c1-3-5-7-9-10-16-22-30-25-19-13-14-20-26(25)31-27(28)23-17-11-12-18-24(23)29-21-15-8-6-4-2/h11-14,17-20H,3-10,15-16,21-22H2,1-2H3. The smallest absolute Gasteiger partial charge is 0.347 e. The van der Waals surface area contributed by atoms with Gasteiger partial charge in [0.1, 0.15) is 11.3 Å². The van der Waals surface area contributed by atoms with Crippen LogP contribution < -0.4 is 14.2 Å². The molecule has 0 N–H and O–H groups in total. The third-order valence-corrected chi connectivity index (χ3v) is 5.17. The van der Waals surface area contributed by atoms with Crippen molar-refractivity contribution in [2.45, 2.75) is 78.1 Å². The molecule has 31 heavy (non-hydrogen) atoms. The van der Waals surface area contributed by atoms with E-state index in [4.69, 9.17) is 14.2 Å². The number of carbonyl (C=O) groups is 1. The largest absolute Gasteiger partial charge is 0.493 e. The molecular weight excluding hydrogens is 388 g/mol. The SMILES string of the molecule is CCCCCCCCOc1ccccc1OC(=O)c1ccccc1OCCCCCC. The third kappa shape index (κ3) is 9.46. The van der Waals surface area contributed by atoms with Crippen LogP contribution in [0.25, 0.3) is 0 Å². The van der Waals surface area contributed by atoms with Crippen molar-refractivity contribution in [3.8, 4) is 17.2 Å². The second kappa shape index (κ2) is 15.3. The first-order valence-corrected chi connectivity index (χ1v) is 11.9. The molecule has 0 aliphatic rings. The van der Waals surface area contributed by atoms with Crippen LogP contribution in [0, 0.1) is 0 Å². The fourth-order valence-corrected chi connectivity index (χ4v) is 3.35. The van der Waals surface area contributed by atoms with E-state index in [1.54, 1.807) is 12.1 Å². The highest BCUT2D eigenvalue weighted by Gasteiger charge is 2.16. The summed E-state index contributed by atoms with van der Waals surface area (Å²) in [6.45, 7) is 5.63. The van der Waals surface area contributed by atoms with E-state index >= 15 is 0 Å². The van der Waals surface area contributed by atoms with Crippen molar-refractivity contribution >= 4 is 5.97 Å². The van der Waals surface area contributed by atoms with Crippen LogP contribution in [0.4, 0.5) is 0 Å². The number of para-hydroxylation sites is 3. The van der Waals surface area contributed by atoms with Crippen LogP contribution in [0.1, 0.15) is 88.4 Å². The quantitative estimate of drug-likeness (QED) is 0.157. The van der Waals surface area contributed by atoms with E-state index in [1.165, 1.54) is 38.5 Å². The first-order valence-electron chi connectivity index (χ1n) is 11.9. The Morgan fingerprint density at radius 3 is 1.77 bits per heavy atom. The van der Waals surface area contributed by atoms with Gasteiger partial charge in [-0.2, -0.15) is 0 Å². The van der Waals surface area contributed by atoms with Gasteiger partial charge in [0.05, 0.1) is 13.2 Å². The second-order valence-electron chi connectivity index (χ2n) is 7.86. The average molecular weight is 427 g/mol. The van der Waals surface area contributed by atoms with Crippen molar-refractivity contribution in [1.29, 1.82) is 0 Å². The van der Waals surface area contributed by atoms with E-state index < -0.39 is 5.97 Å². The predicted octanol–water partition coefficient (Wildman–Crippen LogP) is 7.60. The highest BCUT2D eigenvalue weighted by Crippen LogP contribution is 2.29. The summed E-state index contributed by atoms with van der Waals surface area (Å²) < 4.78 is 17.4. The molecule has 0 heterocycles. The number of ether oxygens (including phenoxy) is 3. The van der Waals surface area contributed by atoms with Crippen molar-refractivity contribution in [2.24, 2.45) is 0 Å². The molecular formula is C27H38O4. The van der Waals surface area contributed by atoms with E-state index in [0.717, 1.165) is 25.7 Å². The molecule has 0 aromatic heterocycles. The highest BCUT2D eigenvalue weighted by atomic mass is 16.6. The monoisotopic (exact) mass is 426 g/mol. The number of unbranched alkanes of at least 4 members (excludes halogenated alkanes) is 8. The lowest BCUT2D eigenvalue weighted by Gasteiger charge is -2.13. The van der Waals surface area contributed by atoms with Gasteiger partial charge in [0.2, 0.25) is 0 Å². The van der Waals surface area contributed by atoms with Gasteiger partial charge >= 0.3 is 5.97 Å². The minimum atomic E-state index is -0.431. The lowest BCUT2D eigenvalue weighted by molar-refractivity contribution is 0.0723. The van der Waals surface area contributed by atoms with Crippen LogP contribution in [0.15, 0.2) is 48.5 Å². The molecule has 0 atom stereocenters. The van der Waals surface area contributed by atoms with Crippen molar-refractivity contribution in [2.75, 3.05) is 13.2 Å². The third-order valence-electron chi connectivity index (χ3n) is 5.17. The zero-order valence-electron chi connectivity index (χ0n) is 19.2. The molecule has 170 valence electrons. The molecule has 0 saturated carbocycles. The Morgan fingerprint density at radius 1 is 0.613 bits per heavy atom. The molecule has 0 unspecified atom stereocenters. The molecule has 4 heteroatoms. The Bertz CT molecular complexity index is 756. The lowest BCUT2D eigenvalue weighted by Crippen LogP contribution is -2.12. The number of carbonyl (C=O) groups excluding carboxylic acids is 1. The molecule has 0 spiro atoms. The molecule has 0 amide bonds. The molecule has 0 saturated heterocycles. The highest BCUT2D eigenvalue weighted by molar-refractivity contribution is 5.94. The van der Waals surface area contributed by atoms with Crippen LogP contribution in [-0.4, -0.2) is 19.2 Å². The summed E-state index contributed by atoms with van der Waals surface area (Å²) in [4.78, 5) is 12.8. The van der Waals surface area contributed by atoms with Gasteiger partial charge in [-0.3, -0.25) is 0 Å². The van der Waals surface area contributed by atoms with Crippen LogP contribution in [0.5, 0.6) is 17.2 Å². The summed E-state index contributed by atoms with van der Waals surface area (Å²) in [6, 6.07) is 14.6. The number of benzene rings is 2. The Kier molecular flexibility index (Phi) is 12.3. The van der Waals surface area contributed by atoms with Gasteiger partial charge in [-0.25, -0.2) is 4.79 Å². The Morgan fingerprint density at radius 2 is 1.10 bits per heavy atom. The summed E-state index contributed by atoms with van der Waals surface area (Å²) >= 11 is 0. The van der Waals surface area contributed by atoms with Gasteiger partial charge in [-0.05, 0) is 37.1 Å². The maximum atomic E-state index is 12.8. The van der Waals surface area contributed by atoms with E-state index in [9.17, 15) is 4.79 Å². The fourth-order valence-electron chi connectivity index (χ4n) is 3.35. The molecule has 4 nitrogen and oxygen atoms in total. The number of hydrogen-bond donors (Lipinski definition) is 0. The Hall–Kier alpha value is -2.49. The number of rotatable bonds is 16. The second-order valence-corrected chi connectivity index (χ2v) is 7.86. The fraction of sp³-hybridized carbons (Fsp3) is 0.519. The number of hydrogen-bond acceptors (Lipinski definition) is 4. The average Bonchev–Trinajstić information content (AvgIpc) is 2.79. The van der Waals surface area contributed by atoms with Crippen LogP contribution >= 0.6 is 0 Å². The summed E-state index contributed by atoms with van der Waals surface area (Å²) in [5.74, 6) is 1.17. The van der Waals surface area contributed by atoms with Crippen molar-refractivity contribution < 1.29 is 19.0 Å². The molecule has 0 radical (unpaired) electrons. The summed E-state index contributed by atoms with van der Waals surface area (Å²) in [5, 5.41) is 0. The van der Waals surface area contributed by atoms with Gasteiger partial charge in [-0.15, -0.1) is 0 Å². The van der Waals surface area contributed by atoms with Crippen molar-refractivity contribution in [3.05, 3.63) is 54.1 Å². The van der Waals surface area contributed by atoms with Gasteiger partial charge in [0.25, 0.3) is 0 Å². The van der Waals surface area contributed by atoms with Crippen LogP contribution in [0.3, 0.4) is 0 Å². The molecule has 2 aromatic carbocycles.